The lowest BCUT2D eigenvalue weighted by molar-refractivity contribution is -0.161. The first-order valence-electron chi connectivity index (χ1n) is 13.0. The normalized spacial score (nSPS) is 33.0. The van der Waals surface area contributed by atoms with Gasteiger partial charge >= 0.3 is 5.97 Å². The Hall–Kier alpha value is -2.19. The molecular weight excluding hydrogens is 448 g/mol. The van der Waals surface area contributed by atoms with Gasteiger partial charge < -0.3 is 24.4 Å². The molecule has 8 nitrogen and oxygen atoms in total. The van der Waals surface area contributed by atoms with E-state index in [9.17, 15) is 19.5 Å². The molecule has 196 valence electrons. The zero-order chi connectivity index (χ0) is 25.8. The van der Waals surface area contributed by atoms with Crippen molar-refractivity contribution in [2.24, 2.45) is 17.8 Å². The van der Waals surface area contributed by atoms with Gasteiger partial charge in [-0.2, -0.15) is 0 Å². The van der Waals surface area contributed by atoms with Crippen molar-refractivity contribution in [3.63, 3.8) is 0 Å². The van der Waals surface area contributed by atoms with Gasteiger partial charge in [0.15, 0.2) is 0 Å². The summed E-state index contributed by atoms with van der Waals surface area (Å²) >= 11 is 0. The van der Waals surface area contributed by atoms with Crippen LogP contribution in [-0.2, 0) is 23.9 Å². The van der Waals surface area contributed by atoms with Crippen LogP contribution >= 0.6 is 0 Å². The van der Waals surface area contributed by atoms with Gasteiger partial charge in [-0.3, -0.25) is 14.4 Å². The minimum Gasteiger partial charge on any atom is -0.461 e. The fourth-order valence-corrected chi connectivity index (χ4v) is 6.39. The fourth-order valence-electron chi connectivity index (χ4n) is 6.39. The highest BCUT2D eigenvalue weighted by molar-refractivity contribution is 5.98. The molecule has 6 atom stereocenters. The highest BCUT2D eigenvalue weighted by atomic mass is 16.6. The number of rotatable bonds is 14. The molecule has 8 heteroatoms. The van der Waals surface area contributed by atoms with Crippen molar-refractivity contribution in [3.8, 4) is 0 Å². The monoisotopic (exact) mass is 490 g/mol. The predicted octanol–water partition coefficient (Wildman–Crippen LogP) is 2.70. The predicted molar refractivity (Wildman–Crippen MR) is 132 cm³/mol. The Morgan fingerprint density at radius 2 is 2.00 bits per heavy atom. The van der Waals surface area contributed by atoms with Crippen LogP contribution < -0.4 is 0 Å². The van der Waals surface area contributed by atoms with E-state index in [0.29, 0.717) is 38.9 Å². The van der Waals surface area contributed by atoms with Crippen molar-refractivity contribution in [1.29, 1.82) is 0 Å². The molecule has 0 aromatic carbocycles. The number of carbonyl (C=O) groups is 3. The number of aliphatic hydroxyl groups excluding tert-OH is 1. The number of amides is 2. The Kier molecular flexibility index (Phi) is 8.81. The van der Waals surface area contributed by atoms with E-state index in [2.05, 4.69) is 20.1 Å². The molecule has 3 unspecified atom stereocenters. The lowest BCUT2D eigenvalue weighted by Gasteiger charge is -2.37. The lowest BCUT2D eigenvalue weighted by atomic mass is 9.62. The van der Waals surface area contributed by atoms with Crippen LogP contribution in [0.2, 0.25) is 0 Å². The second-order valence-electron chi connectivity index (χ2n) is 10.4. The minimum atomic E-state index is -1.07. The highest BCUT2D eigenvalue weighted by Crippen LogP contribution is 2.65. The number of nitrogens with zero attached hydrogens (tertiary/aromatic N) is 2. The number of aliphatic hydroxyl groups is 1. The number of hydrogen-bond acceptors (Lipinski definition) is 6. The van der Waals surface area contributed by atoms with Gasteiger partial charge in [0.25, 0.3) is 0 Å². The number of likely N-dealkylation sites (tertiary alicyclic amines) is 1. The second kappa shape index (κ2) is 11.2. The third kappa shape index (κ3) is 4.67. The van der Waals surface area contributed by atoms with Crippen LogP contribution in [-0.4, -0.2) is 82.8 Å². The van der Waals surface area contributed by atoms with E-state index in [1.165, 1.54) is 6.08 Å². The van der Waals surface area contributed by atoms with Crippen molar-refractivity contribution in [2.75, 3.05) is 32.8 Å². The van der Waals surface area contributed by atoms with E-state index in [1.807, 2.05) is 13.8 Å². The topological polar surface area (TPSA) is 96.4 Å². The highest BCUT2D eigenvalue weighted by Gasteiger charge is 2.80. The fraction of sp³-hybridized carbons (Fsp3) is 0.741. The molecule has 0 radical (unpaired) electrons. The van der Waals surface area contributed by atoms with Gasteiger partial charge in [0.2, 0.25) is 11.8 Å². The van der Waals surface area contributed by atoms with Gasteiger partial charge in [-0.05, 0) is 44.9 Å². The summed E-state index contributed by atoms with van der Waals surface area (Å²) in [5.74, 6) is -2.39. The van der Waals surface area contributed by atoms with Crippen LogP contribution in [0.5, 0.6) is 0 Å². The van der Waals surface area contributed by atoms with Gasteiger partial charge in [0.1, 0.15) is 24.2 Å². The molecule has 3 fully saturated rings. The Morgan fingerprint density at radius 1 is 1.26 bits per heavy atom. The van der Waals surface area contributed by atoms with Crippen LogP contribution in [0.4, 0.5) is 0 Å². The van der Waals surface area contributed by atoms with Crippen molar-refractivity contribution >= 4 is 17.8 Å². The summed E-state index contributed by atoms with van der Waals surface area (Å²) in [5.41, 5.74) is -1.95. The van der Waals surface area contributed by atoms with E-state index < -0.39 is 35.0 Å². The van der Waals surface area contributed by atoms with E-state index in [4.69, 9.17) is 9.47 Å². The minimum absolute atomic E-state index is 0.0269. The molecule has 2 bridgehead atoms. The maximum Gasteiger partial charge on any atom is 0.313 e. The maximum absolute atomic E-state index is 14.1. The van der Waals surface area contributed by atoms with Crippen LogP contribution in [0.25, 0.3) is 0 Å². The third-order valence-electron chi connectivity index (χ3n) is 8.15. The average Bonchev–Trinajstić information content (AvgIpc) is 3.34. The van der Waals surface area contributed by atoms with Crippen LogP contribution in [0.3, 0.4) is 0 Å². The Labute approximate surface area is 209 Å². The summed E-state index contributed by atoms with van der Waals surface area (Å²) in [4.78, 5) is 44.7. The van der Waals surface area contributed by atoms with E-state index in [0.717, 1.165) is 19.3 Å². The largest absolute Gasteiger partial charge is 0.461 e. The van der Waals surface area contributed by atoms with Gasteiger partial charge in [0, 0.05) is 26.2 Å². The molecule has 35 heavy (non-hydrogen) atoms. The molecule has 1 spiro atoms. The molecule has 3 aliphatic rings. The molecule has 3 heterocycles. The number of hydrogen-bond donors (Lipinski definition) is 1. The summed E-state index contributed by atoms with van der Waals surface area (Å²) in [5, 5.41) is 9.18. The zero-order valence-electron chi connectivity index (χ0n) is 21.5. The molecule has 2 amide bonds. The molecule has 0 aromatic rings. The number of unbranched alkanes of at least 4 members (excludes halogenated alkanes) is 3. The molecule has 0 saturated carbocycles. The standard InChI is InChI=1S/C27H42N2O6/c1-6-9-14-28(13-7-2)24(32)22-27-18-19(4)26(5,35-27)21(25(33)34-17-8-3)20(27)23(31)29(22)15-11-10-12-16-30/h7-8,19-22,30H,2-3,6,9-18H2,1,4-5H3/t19?,20-,21+,22?,26-,27?/m0/s1. The third-order valence-corrected chi connectivity index (χ3v) is 8.15. The summed E-state index contributed by atoms with van der Waals surface area (Å²) < 4.78 is 12.1. The van der Waals surface area contributed by atoms with Gasteiger partial charge in [-0.1, -0.05) is 39.0 Å². The van der Waals surface area contributed by atoms with Crippen LogP contribution in [0, 0.1) is 17.8 Å². The Balaban J connectivity index is 2.02. The quantitative estimate of drug-likeness (QED) is 0.229. The van der Waals surface area contributed by atoms with Crippen LogP contribution in [0.1, 0.15) is 59.3 Å². The number of ether oxygens (including phenoxy) is 2. The smallest absolute Gasteiger partial charge is 0.313 e. The summed E-state index contributed by atoms with van der Waals surface area (Å²) in [6.45, 7) is 14.9. The number of esters is 1. The maximum atomic E-state index is 14.1. The zero-order valence-corrected chi connectivity index (χ0v) is 21.5. The molecule has 1 N–H and O–H groups in total. The van der Waals surface area contributed by atoms with E-state index in [1.54, 1.807) is 15.9 Å². The first-order valence-corrected chi connectivity index (χ1v) is 13.0. The molecule has 0 aliphatic carbocycles. The molecular formula is C27H42N2O6. The van der Waals surface area contributed by atoms with Crippen molar-refractivity contribution in [2.45, 2.75) is 76.5 Å². The molecule has 3 aliphatic heterocycles. The molecule has 3 rings (SSSR count). The van der Waals surface area contributed by atoms with Crippen LogP contribution in [0.15, 0.2) is 25.3 Å². The first kappa shape index (κ1) is 27.4. The van der Waals surface area contributed by atoms with Gasteiger partial charge in [0.05, 0.1) is 11.5 Å². The van der Waals surface area contributed by atoms with Crippen molar-refractivity contribution in [3.05, 3.63) is 25.3 Å². The van der Waals surface area contributed by atoms with E-state index in [-0.39, 0.29) is 30.9 Å². The Bertz CT molecular complexity index is 830. The summed E-state index contributed by atoms with van der Waals surface area (Å²) in [6, 6.07) is -0.799. The number of carbonyl (C=O) groups excluding carboxylic acids is 3. The second-order valence-corrected chi connectivity index (χ2v) is 10.4. The summed E-state index contributed by atoms with van der Waals surface area (Å²) in [7, 11) is 0. The van der Waals surface area contributed by atoms with Crippen molar-refractivity contribution in [1.82, 2.24) is 9.80 Å². The molecule has 3 saturated heterocycles. The van der Waals surface area contributed by atoms with Crippen molar-refractivity contribution < 1.29 is 29.0 Å². The SMILES string of the molecule is C=CCOC(=O)[C@H]1[C@H]2C(=O)N(CCCCCO)C(C(=O)N(CC=C)CCCC)C23CC(C)[C@]1(C)O3. The Morgan fingerprint density at radius 3 is 2.63 bits per heavy atom. The summed E-state index contributed by atoms with van der Waals surface area (Å²) in [6.07, 6.45) is 7.56. The first-order chi connectivity index (χ1) is 16.7. The van der Waals surface area contributed by atoms with Gasteiger partial charge in [-0.15, -0.1) is 6.58 Å². The average molecular weight is 491 g/mol. The molecule has 0 aromatic heterocycles. The van der Waals surface area contributed by atoms with Gasteiger partial charge in [-0.25, -0.2) is 0 Å². The lowest BCUT2D eigenvalue weighted by Crippen LogP contribution is -2.56. The number of fused-ring (bicyclic) bond motifs is 1. The van der Waals surface area contributed by atoms with E-state index >= 15 is 0 Å².